The van der Waals surface area contributed by atoms with E-state index >= 15 is 0 Å². The lowest BCUT2D eigenvalue weighted by Gasteiger charge is -2.32. The van der Waals surface area contributed by atoms with E-state index in [1.54, 1.807) is 0 Å². The molecule has 1 aliphatic rings. The molecule has 0 bridgehead atoms. The number of rotatable bonds is 3. The van der Waals surface area contributed by atoms with Crippen molar-refractivity contribution >= 4 is 11.9 Å². The van der Waals surface area contributed by atoms with Crippen molar-refractivity contribution in [1.82, 2.24) is 15.5 Å². The number of carbonyl (C=O) groups excluding carboxylic acids is 2. The van der Waals surface area contributed by atoms with Crippen LogP contribution in [0.15, 0.2) is 24.3 Å². The van der Waals surface area contributed by atoms with Gasteiger partial charge < -0.3 is 15.5 Å². The fraction of sp³-hybridized carbons (Fsp3) is 0.579. The monoisotopic (exact) mass is 331 g/mol. The summed E-state index contributed by atoms with van der Waals surface area (Å²) < 4.78 is 0. The highest BCUT2D eigenvalue weighted by molar-refractivity contribution is 5.94. The lowest BCUT2D eigenvalue weighted by Crippen LogP contribution is -2.50. The van der Waals surface area contributed by atoms with Crippen molar-refractivity contribution < 1.29 is 9.59 Å². The molecule has 132 valence electrons. The third kappa shape index (κ3) is 5.55. The Kier molecular flexibility index (Phi) is 5.86. The summed E-state index contributed by atoms with van der Waals surface area (Å²) >= 11 is 0. The molecule has 1 aromatic rings. The first kappa shape index (κ1) is 18.3. The van der Waals surface area contributed by atoms with Gasteiger partial charge in [0, 0.05) is 31.2 Å². The quantitative estimate of drug-likeness (QED) is 0.894. The number of piperidine rings is 1. The minimum Gasteiger partial charge on any atom is -0.338 e. The maximum Gasteiger partial charge on any atom is 0.315 e. The molecule has 1 aromatic carbocycles. The van der Waals surface area contributed by atoms with Crippen LogP contribution >= 0.6 is 0 Å². The van der Waals surface area contributed by atoms with E-state index in [0.717, 1.165) is 24.0 Å². The number of carbonyl (C=O) groups is 2. The number of hydrogen-bond donors (Lipinski definition) is 2. The molecule has 1 saturated heterocycles. The number of likely N-dealkylation sites (tertiary alicyclic amines) is 1. The second kappa shape index (κ2) is 7.69. The van der Waals surface area contributed by atoms with E-state index < -0.39 is 0 Å². The topological polar surface area (TPSA) is 61.4 Å². The number of urea groups is 1. The van der Waals surface area contributed by atoms with E-state index in [-0.39, 0.29) is 23.4 Å². The van der Waals surface area contributed by atoms with E-state index in [1.165, 1.54) is 0 Å². The molecule has 5 nitrogen and oxygen atoms in total. The number of nitrogens with zero attached hydrogens (tertiary/aromatic N) is 1. The van der Waals surface area contributed by atoms with Crippen molar-refractivity contribution in [3.63, 3.8) is 0 Å². The van der Waals surface area contributed by atoms with E-state index in [1.807, 2.05) is 36.1 Å². The van der Waals surface area contributed by atoms with Crippen LogP contribution in [0, 0.1) is 12.3 Å². The first-order valence-corrected chi connectivity index (χ1v) is 8.65. The van der Waals surface area contributed by atoms with Gasteiger partial charge in [0.2, 0.25) is 0 Å². The fourth-order valence-electron chi connectivity index (χ4n) is 2.77. The van der Waals surface area contributed by atoms with Gasteiger partial charge in [-0.2, -0.15) is 0 Å². The van der Waals surface area contributed by atoms with E-state index in [9.17, 15) is 9.59 Å². The zero-order valence-corrected chi connectivity index (χ0v) is 15.2. The highest BCUT2D eigenvalue weighted by Crippen LogP contribution is 2.15. The molecule has 0 unspecified atom stereocenters. The molecule has 2 N–H and O–H groups in total. The molecule has 1 heterocycles. The highest BCUT2D eigenvalue weighted by Gasteiger charge is 2.24. The first-order valence-electron chi connectivity index (χ1n) is 8.65. The summed E-state index contributed by atoms with van der Waals surface area (Å²) in [4.78, 5) is 26.3. The van der Waals surface area contributed by atoms with Gasteiger partial charge >= 0.3 is 6.03 Å². The normalized spacial score (nSPS) is 15.9. The van der Waals surface area contributed by atoms with Gasteiger partial charge in [-0.05, 0) is 37.3 Å². The van der Waals surface area contributed by atoms with E-state index in [2.05, 4.69) is 31.4 Å². The molecule has 0 radical (unpaired) electrons. The van der Waals surface area contributed by atoms with Crippen LogP contribution in [0.1, 0.15) is 49.5 Å². The van der Waals surface area contributed by atoms with Crippen LogP contribution in [-0.2, 0) is 0 Å². The molecule has 3 amide bonds. The Hall–Kier alpha value is -2.04. The summed E-state index contributed by atoms with van der Waals surface area (Å²) in [7, 11) is 0. The van der Waals surface area contributed by atoms with Gasteiger partial charge in [-0.25, -0.2) is 4.79 Å². The smallest absolute Gasteiger partial charge is 0.315 e. The van der Waals surface area contributed by atoms with Gasteiger partial charge in [-0.15, -0.1) is 0 Å². The number of amides is 3. The predicted octanol–water partition coefficient (Wildman–Crippen LogP) is 2.94. The maximum atomic E-state index is 12.5. The summed E-state index contributed by atoms with van der Waals surface area (Å²) in [5, 5.41) is 5.92. The third-order valence-corrected chi connectivity index (χ3v) is 4.16. The Bertz CT molecular complexity index is 585. The van der Waals surface area contributed by atoms with E-state index in [4.69, 9.17) is 0 Å². The van der Waals surface area contributed by atoms with Crippen LogP contribution in [0.25, 0.3) is 0 Å². The lowest BCUT2D eigenvalue weighted by atomic mass is 9.97. The molecule has 2 rings (SSSR count). The zero-order valence-electron chi connectivity index (χ0n) is 15.2. The van der Waals surface area contributed by atoms with Gasteiger partial charge in [-0.3, -0.25) is 4.79 Å². The third-order valence-electron chi connectivity index (χ3n) is 4.16. The molecule has 0 aliphatic carbocycles. The Morgan fingerprint density at radius 2 is 1.88 bits per heavy atom. The molecule has 5 heteroatoms. The number of nitrogens with one attached hydrogen (secondary N) is 2. The van der Waals surface area contributed by atoms with Crippen molar-refractivity contribution in [1.29, 1.82) is 0 Å². The van der Waals surface area contributed by atoms with Gasteiger partial charge in [0.05, 0.1) is 0 Å². The van der Waals surface area contributed by atoms with Gasteiger partial charge in [0.15, 0.2) is 0 Å². The average molecular weight is 331 g/mol. The minimum absolute atomic E-state index is 0.0704. The minimum atomic E-state index is -0.117. The second-order valence-corrected chi connectivity index (χ2v) is 7.82. The van der Waals surface area contributed by atoms with Crippen LogP contribution < -0.4 is 10.6 Å². The molecule has 1 fully saturated rings. The van der Waals surface area contributed by atoms with Gasteiger partial charge in [0.25, 0.3) is 5.91 Å². The summed E-state index contributed by atoms with van der Waals surface area (Å²) in [5.41, 5.74) is 1.90. The van der Waals surface area contributed by atoms with Crippen molar-refractivity contribution in [2.45, 2.75) is 46.6 Å². The van der Waals surface area contributed by atoms with E-state index in [0.29, 0.717) is 19.6 Å². The van der Waals surface area contributed by atoms with Gasteiger partial charge in [0.1, 0.15) is 0 Å². The van der Waals surface area contributed by atoms with Gasteiger partial charge in [-0.1, -0.05) is 38.5 Å². The second-order valence-electron chi connectivity index (χ2n) is 7.82. The SMILES string of the molecule is Cc1cccc(C(=O)N2CCC(NC(=O)NCC(C)(C)C)CC2)c1. The standard InChI is InChI=1S/C19H29N3O2/c1-14-6-5-7-15(12-14)17(23)22-10-8-16(9-11-22)21-18(24)20-13-19(2,3)4/h5-7,12,16H,8-11,13H2,1-4H3,(H2,20,21,24). The molecule has 0 aromatic heterocycles. The number of benzene rings is 1. The van der Waals surface area contributed by atoms with Crippen molar-refractivity contribution in [3.8, 4) is 0 Å². The molecule has 0 atom stereocenters. The van der Waals surface area contributed by atoms with Crippen LogP contribution in [0.2, 0.25) is 0 Å². The Morgan fingerprint density at radius 3 is 2.46 bits per heavy atom. The van der Waals surface area contributed by atoms with Crippen molar-refractivity contribution in [3.05, 3.63) is 35.4 Å². The van der Waals surface area contributed by atoms with Crippen LogP contribution in [0.5, 0.6) is 0 Å². The number of hydrogen-bond acceptors (Lipinski definition) is 2. The van der Waals surface area contributed by atoms with Crippen LogP contribution in [-0.4, -0.2) is 42.5 Å². The summed E-state index contributed by atoms with van der Waals surface area (Å²) in [6.45, 7) is 10.2. The van der Waals surface area contributed by atoms with Crippen LogP contribution in [0.3, 0.4) is 0 Å². The molecule has 24 heavy (non-hydrogen) atoms. The zero-order chi connectivity index (χ0) is 17.7. The largest absolute Gasteiger partial charge is 0.338 e. The number of aryl methyl sites for hydroxylation is 1. The van der Waals surface area contributed by atoms with Crippen molar-refractivity contribution in [2.75, 3.05) is 19.6 Å². The summed E-state index contributed by atoms with van der Waals surface area (Å²) in [6.07, 6.45) is 1.58. The highest BCUT2D eigenvalue weighted by atomic mass is 16.2. The first-order chi connectivity index (χ1) is 11.2. The fourth-order valence-corrected chi connectivity index (χ4v) is 2.77. The maximum absolute atomic E-state index is 12.5. The molecule has 0 spiro atoms. The summed E-state index contributed by atoms with van der Waals surface area (Å²) in [6, 6.07) is 7.70. The van der Waals surface area contributed by atoms with Crippen molar-refractivity contribution in [2.24, 2.45) is 5.41 Å². The molecule has 1 aliphatic heterocycles. The molecular formula is C19H29N3O2. The summed E-state index contributed by atoms with van der Waals surface area (Å²) in [5.74, 6) is 0.0781. The Balaban J connectivity index is 1.79. The van der Waals surface area contributed by atoms with Crippen LogP contribution in [0.4, 0.5) is 4.79 Å². The molecular weight excluding hydrogens is 302 g/mol. The molecule has 0 saturated carbocycles. The Labute approximate surface area is 144 Å². The lowest BCUT2D eigenvalue weighted by molar-refractivity contribution is 0.0708. The predicted molar refractivity (Wildman–Crippen MR) is 96.1 cm³/mol. The Morgan fingerprint density at radius 1 is 1.21 bits per heavy atom. The average Bonchev–Trinajstić information content (AvgIpc) is 2.52.